The van der Waals surface area contributed by atoms with Gasteiger partial charge in [0.15, 0.2) is 0 Å². The van der Waals surface area contributed by atoms with Crippen LogP contribution in [0.2, 0.25) is 0 Å². The van der Waals surface area contributed by atoms with Crippen molar-refractivity contribution < 1.29 is 9.13 Å². The van der Waals surface area contributed by atoms with Crippen LogP contribution in [-0.4, -0.2) is 13.7 Å². The molecule has 0 aromatic heterocycles. The number of hydrogen-bond acceptors (Lipinski definition) is 2. The van der Waals surface area contributed by atoms with E-state index >= 15 is 0 Å². The minimum atomic E-state index is -0.247. The van der Waals surface area contributed by atoms with Crippen molar-refractivity contribution in [3.05, 3.63) is 41.7 Å². The second kappa shape index (κ2) is 5.51. The Morgan fingerprint density at radius 1 is 1.53 bits per heavy atom. The average molecular weight is 209 g/mol. The van der Waals surface area contributed by atoms with Crippen LogP contribution in [0.3, 0.4) is 0 Å². The predicted octanol–water partition coefficient (Wildman–Crippen LogP) is 2.50. The van der Waals surface area contributed by atoms with Gasteiger partial charge in [-0.1, -0.05) is 6.58 Å². The number of rotatable bonds is 5. The van der Waals surface area contributed by atoms with Crippen molar-refractivity contribution in [1.29, 1.82) is 0 Å². The molecule has 0 saturated carbocycles. The molecule has 0 saturated heterocycles. The fourth-order valence-corrected chi connectivity index (χ4v) is 1.22. The van der Waals surface area contributed by atoms with Gasteiger partial charge in [0.1, 0.15) is 18.2 Å². The van der Waals surface area contributed by atoms with Gasteiger partial charge in [0, 0.05) is 12.1 Å². The maximum atomic E-state index is 13.0. The third-order valence-electron chi connectivity index (χ3n) is 1.86. The Balaban J connectivity index is 2.80. The Morgan fingerprint density at radius 3 is 2.87 bits per heavy atom. The first-order valence-electron chi connectivity index (χ1n) is 4.83. The van der Waals surface area contributed by atoms with E-state index in [4.69, 9.17) is 4.74 Å². The quantitative estimate of drug-likeness (QED) is 0.752. The molecule has 1 N–H and O–H groups in total. The third-order valence-corrected chi connectivity index (χ3v) is 1.86. The number of ether oxygens (including phenoxy) is 1. The highest BCUT2D eigenvalue weighted by Gasteiger charge is 2.04. The van der Waals surface area contributed by atoms with Crippen molar-refractivity contribution >= 4 is 0 Å². The molecule has 0 heterocycles. The summed E-state index contributed by atoms with van der Waals surface area (Å²) >= 11 is 0. The molecule has 15 heavy (non-hydrogen) atoms. The summed E-state index contributed by atoms with van der Waals surface area (Å²) in [6, 6.07) is 4.52. The Kier molecular flexibility index (Phi) is 4.31. The predicted molar refractivity (Wildman–Crippen MR) is 59.5 cm³/mol. The van der Waals surface area contributed by atoms with E-state index in [-0.39, 0.29) is 5.82 Å². The first-order valence-corrected chi connectivity index (χ1v) is 4.83. The van der Waals surface area contributed by atoms with Crippen molar-refractivity contribution in [2.75, 3.05) is 13.7 Å². The molecule has 82 valence electrons. The molecule has 0 aliphatic rings. The van der Waals surface area contributed by atoms with Gasteiger partial charge < -0.3 is 10.1 Å². The first kappa shape index (κ1) is 11.7. The van der Waals surface area contributed by atoms with E-state index in [0.717, 1.165) is 11.1 Å². The number of nitrogens with one attached hydrogen (secondary N) is 1. The van der Waals surface area contributed by atoms with Crippen LogP contribution in [0.4, 0.5) is 4.39 Å². The molecule has 0 unspecified atom stereocenters. The molecule has 0 spiro atoms. The van der Waals surface area contributed by atoms with Gasteiger partial charge in [-0.25, -0.2) is 4.39 Å². The molecule has 3 heteroatoms. The molecule has 0 fully saturated rings. The molecule has 0 amide bonds. The van der Waals surface area contributed by atoms with Gasteiger partial charge in [-0.3, -0.25) is 0 Å². The van der Waals surface area contributed by atoms with Gasteiger partial charge in [-0.2, -0.15) is 0 Å². The van der Waals surface area contributed by atoms with Crippen LogP contribution in [0.25, 0.3) is 0 Å². The zero-order valence-corrected chi connectivity index (χ0v) is 9.14. The molecule has 2 nitrogen and oxygen atoms in total. The topological polar surface area (TPSA) is 21.3 Å². The summed E-state index contributed by atoms with van der Waals surface area (Å²) in [5.74, 6) is 0.455. The van der Waals surface area contributed by atoms with Crippen LogP contribution in [-0.2, 0) is 6.54 Å². The summed E-state index contributed by atoms with van der Waals surface area (Å²) in [7, 11) is 1.81. The molecular formula is C12H16FNO. The van der Waals surface area contributed by atoms with Crippen molar-refractivity contribution in [3.8, 4) is 5.75 Å². The maximum absolute atomic E-state index is 13.0. The lowest BCUT2D eigenvalue weighted by molar-refractivity contribution is 0.347. The monoisotopic (exact) mass is 209 g/mol. The lowest BCUT2D eigenvalue weighted by Gasteiger charge is -2.11. The highest BCUT2D eigenvalue weighted by atomic mass is 19.1. The lowest BCUT2D eigenvalue weighted by atomic mass is 10.2. The fourth-order valence-electron chi connectivity index (χ4n) is 1.22. The van der Waals surface area contributed by atoms with E-state index in [1.165, 1.54) is 12.1 Å². The van der Waals surface area contributed by atoms with E-state index in [1.54, 1.807) is 6.07 Å². The van der Waals surface area contributed by atoms with Crippen LogP contribution in [0.15, 0.2) is 30.4 Å². The van der Waals surface area contributed by atoms with Crippen LogP contribution in [0.5, 0.6) is 5.75 Å². The SMILES string of the molecule is C=C(C)COc1ccc(F)cc1CNC. The Hall–Kier alpha value is -1.35. The van der Waals surface area contributed by atoms with E-state index in [1.807, 2.05) is 14.0 Å². The average Bonchev–Trinajstić information content (AvgIpc) is 2.17. The van der Waals surface area contributed by atoms with Crippen LogP contribution in [0.1, 0.15) is 12.5 Å². The summed E-state index contributed by atoms with van der Waals surface area (Å²) in [6.07, 6.45) is 0. The summed E-state index contributed by atoms with van der Waals surface area (Å²) in [5.41, 5.74) is 1.76. The Bertz CT molecular complexity index is 349. The fraction of sp³-hybridized carbons (Fsp3) is 0.333. The second-order valence-corrected chi connectivity index (χ2v) is 3.53. The molecule has 1 aromatic carbocycles. The van der Waals surface area contributed by atoms with Crippen LogP contribution in [0, 0.1) is 5.82 Å². The highest BCUT2D eigenvalue weighted by molar-refractivity contribution is 5.34. The first-order chi connectivity index (χ1) is 7.13. The minimum Gasteiger partial charge on any atom is -0.489 e. The highest BCUT2D eigenvalue weighted by Crippen LogP contribution is 2.19. The van der Waals surface area contributed by atoms with E-state index < -0.39 is 0 Å². The number of hydrogen-bond donors (Lipinski definition) is 1. The van der Waals surface area contributed by atoms with Gasteiger partial charge >= 0.3 is 0 Å². The van der Waals surface area contributed by atoms with Gasteiger partial charge in [0.2, 0.25) is 0 Å². The molecule has 0 radical (unpaired) electrons. The molecular weight excluding hydrogens is 193 g/mol. The van der Waals surface area contributed by atoms with Crippen molar-refractivity contribution in [1.82, 2.24) is 5.32 Å². The zero-order valence-electron chi connectivity index (χ0n) is 9.14. The van der Waals surface area contributed by atoms with E-state index in [0.29, 0.717) is 18.9 Å². The molecule has 0 atom stereocenters. The lowest BCUT2D eigenvalue weighted by Crippen LogP contribution is -2.08. The summed E-state index contributed by atoms with van der Waals surface area (Å²) in [6.45, 7) is 6.69. The van der Waals surface area contributed by atoms with Crippen molar-refractivity contribution in [2.24, 2.45) is 0 Å². The zero-order chi connectivity index (χ0) is 11.3. The van der Waals surface area contributed by atoms with Crippen molar-refractivity contribution in [2.45, 2.75) is 13.5 Å². The van der Waals surface area contributed by atoms with E-state index in [2.05, 4.69) is 11.9 Å². The van der Waals surface area contributed by atoms with Gasteiger partial charge in [-0.15, -0.1) is 0 Å². The largest absolute Gasteiger partial charge is 0.489 e. The maximum Gasteiger partial charge on any atom is 0.124 e. The Labute approximate surface area is 89.8 Å². The summed E-state index contributed by atoms with van der Waals surface area (Å²) in [4.78, 5) is 0. The number of benzene rings is 1. The van der Waals surface area contributed by atoms with E-state index in [9.17, 15) is 4.39 Å². The molecule has 0 aliphatic carbocycles. The minimum absolute atomic E-state index is 0.247. The molecule has 1 rings (SSSR count). The summed E-state index contributed by atoms with van der Waals surface area (Å²) in [5, 5.41) is 2.97. The Morgan fingerprint density at radius 2 is 2.27 bits per heavy atom. The van der Waals surface area contributed by atoms with Gasteiger partial charge in [0.05, 0.1) is 0 Å². The van der Waals surface area contributed by atoms with Crippen LogP contribution >= 0.6 is 0 Å². The summed E-state index contributed by atoms with van der Waals surface area (Å²) < 4.78 is 18.5. The van der Waals surface area contributed by atoms with Crippen LogP contribution < -0.4 is 10.1 Å². The standard InChI is InChI=1S/C12H16FNO/c1-9(2)8-15-12-5-4-11(13)6-10(12)7-14-3/h4-6,14H,1,7-8H2,2-3H3. The van der Waals surface area contributed by atoms with Gasteiger partial charge in [0.25, 0.3) is 0 Å². The third kappa shape index (κ3) is 3.72. The smallest absolute Gasteiger partial charge is 0.124 e. The molecule has 0 bridgehead atoms. The molecule has 1 aromatic rings. The van der Waals surface area contributed by atoms with Crippen molar-refractivity contribution in [3.63, 3.8) is 0 Å². The van der Waals surface area contributed by atoms with Gasteiger partial charge in [-0.05, 0) is 37.7 Å². The number of halogens is 1. The second-order valence-electron chi connectivity index (χ2n) is 3.53. The molecule has 0 aliphatic heterocycles. The normalized spacial score (nSPS) is 10.1.